The van der Waals surface area contributed by atoms with Crippen molar-refractivity contribution in [1.29, 1.82) is 0 Å². The molecule has 0 amide bonds. The Labute approximate surface area is 112 Å². The SMILES string of the molecule is CC(C)(O)Cn1cc(-c2cc[c-]cc2)cn1.[Mn]. The summed E-state index contributed by atoms with van der Waals surface area (Å²) in [6.45, 7) is 4.03. The Morgan fingerprint density at radius 1 is 1.29 bits per heavy atom. The van der Waals surface area contributed by atoms with Crippen molar-refractivity contribution in [2.75, 3.05) is 0 Å². The Morgan fingerprint density at radius 2 is 1.94 bits per heavy atom. The molecule has 2 aromatic rings. The molecule has 0 aliphatic heterocycles. The minimum atomic E-state index is -0.742. The Balaban J connectivity index is 0.00000144. The van der Waals surface area contributed by atoms with Crippen molar-refractivity contribution < 1.29 is 22.2 Å². The molecule has 17 heavy (non-hydrogen) atoms. The number of aromatic nitrogens is 2. The van der Waals surface area contributed by atoms with Crippen LogP contribution in [0.1, 0.15) is 13.8 Å². The Morgan fingerprint density at radius 3 is 2.53 bits per heavy atom. The standard InChI is InChI=1S/C13H15N2O.Mn/c1-13(2,16)10-15-9-12(8-14-15)11-6-4-3-5-7-11;/h4-9,16H,10H2,1-2H3;/q-1;. The quantitative estimate of drug-likeness (QED) is 0.685. The summed E-state index contributed by atoms with van der Waals surface area (Å²) in [7, 11) is 0. The van der Waals surface area contributed by atoms with Gasteiger partial charge in [-0.3, -0.25) is 4.68 Å². The zero-order valence-corrected chi connectivity index (χ0v) is 11.1. The maximum atomic E-state index is 9.69. The van der Waals surface area contributed by atoms with Crippen LogP contribution in [0.5, 0.6) is 0 Å². The first kappa shape index (κ1) is 14.0. The van der Waals surface area contributed by atoms with Crippen LogP contribution in [-0.2, 0) is 23.6 Å². The van der Waals surface area contributed by atoms with Gasteiger partial charge in [0.2, 0.25) is 0 Å². The van der Waals surface area contributed by atoms with Crippen LogP contribution < -0.4 is 0 Å². The van der Waals surface area contributed by atoms with E-state index in [-0.39, 0.29) is 17.1 Å². The van der Waals surface area contributed by atoms with Crippen molar-refractivity contribution >= 4 is 0 Å². The third-order valence-corrected chi connectivity index (χ3v) is 2.23. The molecule has 1 aromatic carbocycles. The van der Waals surface area contributed by atoms with Crippen LogP contribution in [0.25, 0.3) is 11.1 Å². The number of nitrogens with zero attached hydrogens (tertiary/aromatic N) is 2. The average Bonchev–Trinajstić information content (AvgIpc) is 2.65. The van der Waals surface area contributed by atoms with Crippen LogP contribution >= 0.6 is 0 Å². The van der Waals surface area contributed by atoms with Crippen molar-refractivity contribution in [3.05, 3.63) is 42.7 Å². The van der Waals surface area contributed by atoms with Gasteiger partial charge in [0.15, 0.2) is 0 Å². The molecule has 2 rings (SSSR count). The van der Waals surface area contributed by atoms with E-state index in [2.05, 4.69) is 11.2 Å². The Bertz CT molecular complexity index is 460. The molecule has 0 saturated carbocycles. The summed E-state index contributed by atoms with van der Waals surface area (Å²) in [6.07, 6.45) is 3.74. The number of benzene rings is 1. The molecule has 91 valence electrons. The van der Waals surface area contributed by atoms with E-state index in [9.17, 15) is 5.11 Å². The largest absolute Gasteiger partial charge is 0.389 e. The van der Waals surface area contributed by atoms with Gasteiger partial charge in [-0.1, -0.05) is 0 Å². The third-order valence-electron chi connectivity index (χ3n) is 2.23. The molecule has 1 heterocycles. The summed E-state index contributed by atoms with van der Waals surface area (Å²) in [5.74, 6) is 0. The van der Waals surface area contributed by atoms with Gasteiger partial charge in [0.25, 0.3) is 0 Å². The molecule has 1 radical (unpaired) electrons. The maximum Gasteiger partial charge on any atom is 0.0786 e. The zero-order chi connectivity index (χ0) is 11.6. The molecule has 0 aliphatic rings. The van der Waals surface area contributed by atoms with Gasteiger partial charge in [-0.05, 0) is 19.4 Å². The van der Waals surface area contributed by atoms with Crippen LogP contribution in [-0.4, -0.2) is 20.5 Å². The van der Waals surface area contributed by atoms with E-state index < -0.39 is 5.60 Å². The second kappa shape index (κ2) is 5.50. The van der Waals surface area contributed by atoms with Gasteiger partial charge in [0.05, 0.1) is 18.3 Å². The predicted octanol–water partition coefficient (Wildman–Crippen LogP) is 2.12. The zero-order valence-electron chi connectivity index (χ0n) is 9.89. The van der Waals surface area contributed by atoms with E-state index in [0.29, 0.717) is 6.54 Å². The van der Waals surface area contributed by atoms with Crippen LogP contribution in [0.2, 0.25) is 0 Å². The monoisotopic (exact) mass is 270 g/mol. The number of hydrogen-bond donors (Lipinski definition) is 1. The average molecular weight is 270 g/mol. The van der Waals surface area contributed by atoms with Crippen LogP contribution in [0.15, 0.2) is 36.7 Å². The van der Waals surface area contributed by atoms with Gasteiger partial charge in [-0.15, -0.1) is 5.56 Å². The van der Waals surface area contributed by atoms with Crippen molar-refractivity contribution in [1.82, 2.24) is 9.78 Å². The van der Waals surface area contributed by atoms with E-state index in [4.69, 9.17) is 0 Å². The van der Waals surface area contributed by atoms with Crippen LogP contribution in [0.3, 0.4) is 0 Å². The minimum absolute atomic E-state index is 0. The molecule has 0 fully saturated rings. The first-order valence-corrected chi connectivity index (χ1v) is 5.26. The van der Waals surface area contributed by atoms with Gasteiger partial charge >= 0.3 is 0 Å². The predicted molar refractivity (Wildman–Crippen MR) is 62.8 cm³/mol. The summed E-state index contributed by atoms with van der Waals surface area (Å²) < 4.78 is 1.76. The fourth-order valence-electron chi connectivity index (χ4n) is 1.57. The van der Waals surface area contributed by atoms with Gasteiger partial charge in [0.1, 0.15) is 0 Å². The topological polar surface area (TPSA) is 38.0 Å². The number of rotatable bonds is 3. The van der Waals surface area contributed by atoms with E-state index >= 15 is 0 Å². The number of hydrogen-bond acceptors (Lipinski definition) is 2. The molecule has 0 spiro atoms. The molecule has 1 N–H and O–H groups in total. The van der Waals surface area contributed by atoms with Crippen LogP contribution in [0, 0.1) is 6.07 Å². The number of aliphatic hydroxyl groups is 1. The van der Waals surface area contributed by atoms with Crippen molar-refractivity contribution in [2.45, 2.75) is 26.0 Å². The first-order valence-electron chi connectivity index (χ1n) is 5.26. The Hall–Kier alpha value is -1.09. The normalized spacial score (nSPS) is 11.0. The third kappa shape index (κ3) is 4.00. The minimum Gasteiger partial charge on any atom is -0.389 e. The van der Waals surface area contributed by atoms with Gasteiger partial charge in [-0.2, -0.15) is 35.4 Å². The van der Waals surface area contributed by atoms with Crippen molar-refractivity contribution in [2.24, 2.45) is 0 Å². The van der Waals surface area contributed by atoms with E-state index in [1.165, 1.54) is 0 Å². The molecule has 1 aromatic heterocycles. The fraction of sp³-hybridized carbons (Fsp3) is 0.308. The van der Waals surface area contributed by atoms with Gasteiger partial charge < -0.3 is 5.11 Å². The summed E-state index contributed by atoms with van der Waals surface area (Å²) in [4.78, 5) is 0. The molecule has 3 nitrogen and oxygen atoms in total. The van der Waals surface area contributed by atoms with E-state index in [1.807, 2.05) is 30.5 Å². The Kier molecular flexibility index (Phi) is 4.52. The van der Waals surface area contributed by atoms with Gasteiger partial charge in [-0.25, -0.2) is 0 Å². The van der Waals surface area contributed by atoms with Crippen molar-refractivity contribution in [3.63, 3.8) is 0 Å². The second-order valence-electron chi connectivity index (χ2n) is 4.53. The summed E-state index contributed by atoms with van der Waals surface area (Å²) in [6, 6.07) is 10.7. The van der Waals surface area contributed by atoms with Crippen molar-refractivity contribution in [3.8, 4) is 11.1 Å². The molecule has 0 aliphatic carbocycles. The van der Waals surface area contributed by atoms with Gasteiger partial charge in [0, 0.05) is 23.3 Å². The van der Waals surface area contributed by atoms with E-state index in [1.54, 1.807) is 24.7 Å². The summed E-state index contributed by atoms with van der Waals surface area (Å²) in [5, 5.41) is 13.9. The van der Waals surface area contributed by atoms with E-state index in [0.717, 1.165) is 11.1 Å². The molecule has 0 atom stereocenters. The second-order valence-corrected chi connectivity index (χ2v) is 4.53. The fourth-order valence-corrected chi connectivity index (χ4v) is 1.57. The summed E-state index contributed by atoms with van der Waals surface area (Å²) >= 11 is 0. The molecule has 0 bridgehead atoms. The first-order chi connectivity index (χ1) is 7.54. The van der Waals surface area contributed by atoms with Crippen LogP contribution in [0.4, 0.5) is 0 Å². The molecule has 0 unspecified atom stereocenters. The molecule has 4 heteroatoms. The molecular formula is C13H15MnN2O-. The maximum absolute atomic E-state index is 9.69. The summed E-state index contributed by atoms with van der Waals surface area (Å²) in [5.41, 5.74) is 1.42. The molecule has 0 saturated heterocycles. The smallest absolute Gasteiger partial charge is 0.0786 e. The molecular weight excluding hydrogens is 255 g/mol.